The lowest BCUT2D eigenvalue weighted by molar-refractivity contribution is -0.142. The molecule has 0 fully saturated rings. The van der Waals surface area contributed by atoms with Crippen molar-refractivity contribution in [2.24, 2.45) is 0 Å². The van der Waals surface area contributed by atoms with Crippen LogP contribution >= 0.6 is 11.6 Å². The van der Waals surface area contributed by atoms with Crippen molar-refractivity contribution in [2.45, 2.75) is 19.3 Å². The van der Waals surface area contributed by atoms with Gasteiger partial charge < -0.3 is 14.8 Å². The van der Waals surface area contributed by atoms with Crippen LogP contribution in [0, 0.1) is 0 Å². The van der Waals surface area contributed by atoms with E-state index in [4.69, 9.17) is 11.6 Å². The molecule has 0 saturated heterocycles. The molecule has 6 nitrogen and oxygen atoms in total. The maximum Gasteiger partial charge on any atom is 0.313 e. The zero-order valence-corrected chi connectivity index (χ0v) is 13.4. The van der Waals surface area contributed by atoms with Gasteiger partial charge in [0.1, 0.15) is 5.82 Å². The van der Waals surface area contributed by atoms with E-state index >= 15 is 0 Å². The molecular weight excluding hydrogens is 316 g/mol. The Balaban J connectivity index is 1.91. The molecular formula is C16H15ClN4O2. The van der Waals surface area contributed by atoms with E-state index in [1.165, 1.54) is 0 Å². The molecule has 3 aromatic rings. The predicted octanol–water partition coefficient (Wildman–Crippen LogP) is 3.49. The summed E-state index contributed by atoms with van der Waals surface area (Å²) in [4.78, 5) is 19.8. The Labute approximate surface area is 137 Å². The number of aliphatic carboxylic acids is 1. The Morgan fingerprint density at radius 1 is 1.35 bits per heavy atom. The summed E-state index contributed by atoms with van der Waals surface area (Å²) in [5.74, 6) is -0.309. The van der Waals surface area contributed by atoms with Gasteiger partial charge in [0.05, 0.1) is 16.1 Å². The lowest BCUT2D eigenvalue weighted by atomic mass is 9.86. The van der Waals surface area contributed by atoms with Crippen LogP contribution in [0.25, 0.3) is 5.65 Å². The van der Waals surface area contributed by atoms with Gasteiger partial charge in [-0.25, -0.2) is 9.97 Å². The van der Waals surface area contributed by atoms with Gasteiger partial charge in [-0.3, -0.25) is 4.79 Å². The first-order valence-corrected chi connectivity index (χ1v) is 7.35. The van der Waals surface area contributed by atoms with Gasteiger partial charge in [0.2, 0.25) is 0 Å². The number of nitrogens with one attached hydrogen (secondary N) is 1. The van der Waals surface area contributed by atoms with E-state index in [1.807, 2.05) is 4.40 Å². The highest BCUT2D eigenvalue weighted by Crippen LogP contribution is 2.26. The second kappa shape index (κ2) is 5.55. The van der Waals surface area contributed by atoms with Gasteiger partial charge >= 0.3 is 5.97 Å². The second-order valence-electron chi connectivity index (χ2n) is 5.72. The number of hydrogen-bond acceptors (Lipinski definition) is 4. The minimum atomic E-state index is -0.988. The zero-order chi connectivity index (χ0) is 16.6. The van der Waals surface area contributed by atoms with Crippen LogP contribution in [-0.2, 0) is 10.2 Å². The molecule has 3 aromatic heterocycles. The third-order valence-electron chi connectivity index (χ3n) is 3.74. The second-order valence-corrected chi connectivity index (χ2v) is 6.15. The van der Waals surface area contributed by atoms with Crippen molar-refractivity contribution in [1.29, 1.82) is 0 Å². The molecule has 0 unspecified atom stereocenters. The smallest absolute Gasteiger partial charge is 0.313 e. The number of hydrogen-bond donors (Lipinski definition) is 2. The average molecular weight is 331 g/mol. The average Bonchev–Trinajstić information content (AvgIpc) is 2.96. The number of carboxylic acid groups (broad SMARTS) is 1. The maximum atomic E-state index is 11.3. The van der Waals surface area contributed by atoms with Crippen molar-refractivity contribution in [3.63, 3.8) is 0 Å². The fourth-order valence-corrected chi connectivity index (χ4v) is 2.40. The Kier molecular flexibility index (Phi) is 3.69. The topological polar surface area (TPSA) is 79.5 Å². The predicted molar refractivity (Wildman–Crippen MR) is 88.4 cm³/mol. The van der Waals surface area contributed by atoms with Crippen LogP contribution < -0.4 is 5.32 Å². The van der Waals surface area contributed by atoms with Crippen LogP contribution in [0.15, 0.2) is 43.0 Å². The molecule has 7 heteroatoms. The molecule has 0 atom stereocenters. The van der Waals surface area contributed by atoms with Crippen LogP contribution in [0.3, 0.4) is 0 Å². The van der Waals surface area contributed by atoms with Gasteiger partial charge in [0.15, 0.2) is 5.65 Å². The van der Waals surface area contributed by atoms with Crippen molar-refractivity contribution >= 4 is 34.7 Å². The summed E-state index contributed by atoms with van der Waals surface area (Å²) in [5.41, 5.74) is 1.09. The summed E-state index contributed by atoms with van der Waals surface area (Å²) in [6, 6.07) is 5.25. The standard InChI is InChI=1S/C16H15ClN4O2/c1-16(2,15(22)23)10-3-4-13(19-8-10)20-12-7-11(17)9-21-6-5-18-14(12)21/h3-9H,1-2H3,(H,19,20)(H,22,23). The number of nitrogens with zero attached hydrogens (tertiary/aromatic N) is 3. The number of imidazole rings is 1. The van der Waals surface area contributed by atoms with Crippen molar-refractivity contribution < 1.29 is 9.90 Å². The van der Waals surface area contributed by atoms with Crippen LogP contribution in [-0.4, -0.2) is 25.4 Å². The first kappa shape index (κ1) is 15.3. The van der Waals surface area contributed by atoms with Crippen LogP contribution in [0.5, 0.6) is 0 Å². The number of anilines is 2. The van der Waals surface area contributed by atoms with Gasteiger partial charge in [-0.15, -0.1) is 0 Å². The van der Waals surface area contributed by atoms with E-state index in [-0.39, 0.29) is 0 Å². The highest BCUT2D eigenvalue weighted by Gasteiger charge is 2.29. The van der Waals surface area contributed by atoms with E-state index in [9.17, 15) is 9.90 Å². The quantitative estimate of drug-likeness (QED) is 0.765. The Morgan fingerprint density at radius 3 is 2.78 bits per heavy atom. The summed E-state index contributed by atoms with van der Waals surface area (Å²) >= 11 is 6.09. The summed E-state index contributed by atoms with van der Waals surface area (Å²) in [6.07, 6.45) is 6.81. The fraction of sp³-hybridized carbons (Fsp3) is 0.188. The van der Waals surface area contributed by atoms with Crippen molar-refractivity contribution in [1.82, 2.24) is 14.4 Å². The van der Waals surface area contributed by atoms with E-state index in [1.54, 1.807) is 56.8 Å². The van der Waals surface area contributed by atoms with Crippen LogP contribution in [0.4, 0.5) is 11.5 Å². The molecule has 2 N–H and O–H groups in total. The van der Waals surface area contributed by atoms with Gasteiger partial charge in [0, 0.05) is 24.8 Å². The van der Waals surface area contributed by atoms with E-state index < -0.39 is 11.4 Å². The van der Waals surface area contributed by atoms with Crippen molar-refractivity contribution in [3.05, 3.63) is 53.6 Å². The Morgan fingerprint density at radius 2 is 2.13 bits per heavy atom. The molecule has 118 valence electrons. The van der Waals surface area contributed by atoms with Crippen LogP contribution in [0.2, 0.25) is 5.02 Å². The number of fused-ring (bicyclic) bond motifs is 1. The fourth-order valence-electron chi connectivity index (χ4n) is 2.19. The Bertz CT molecular complexity index is 871. The number of aromatic nitrogens is 3. The number of carbonyl (C=O) groups is 1. The lowest BCUT2D eigenvalue weighted by Gasteiger charge is -2.19. The summed E-state index contributed by atoms with van der Waals surface area (Å²) < 4.78 is 1.81. The molecule has 0 spiro atoms. The summed E-state index contributed by atoms with van der Waals surface area (Å²) in [6.45, 7) is 3.29. The number of halogens is 1. The number of rotatable bonds is 4. The molecule has 0 saturated carbocycles. The molecule has 0 aliphatic heterocycles. The first-order valence-electron chi connectivity index (χ1n) is 6.97. The van der Waals surface area contributed by atoms with Gasteiger partial charge in [-0.2, -0.15) is 0 Å². The lowest BCUT2D eigenvalue weighted by Crippen LogP contribution is -2.28. The van der Waals surface area contributed by atoms with Crippen molar-refractivity contribution in [2.75, 3.05) is 5.32 Å². The largest absolute Gasteiger partial charge is 0.481 e. The van der Waals surface area contributed by atoms with Gasteiger partial charge in [-0.05, 0) is 31.5 Å². The maximum absolute atomic E-state index is 11.3. The molecule has 0 aliphatic carbocycles. The highest BCUT2D eigenvalue weighted by atomic mass is 35.5. The molecule has 3 heterocycles. The van der Waals surface area contributed by atoms with Crippen molar-refractivity contribution in [3.8, 4) is 0 Å². The monoisotopic (exact) mass is 330 g/mol. The third kappa shape index (κ3) is 2.85. The molecule has 0 bridgehead atoms. The molecule has 0 aliphatic rings. The minimum absolute atomic E-state index is 0.571. The van der Waals surface area contributed by atoms with Crippen LogP contribution in [0.1, 0.15) is 19.4 Å². The highest BCUT2D eigenvalue weighted by molar-refractivity contribution is 6.30. The van der Waals surface area contributed by atoms with E-state index in [0.717, 1.165) is 11.3 Å². The molecule has 0 radical (unpaired) electrons. The molecule has 0 amide bonds. The normalized spacial score (nSPS) is 11.6. The first-order chi connectivity index (χ1) is 10.9. The minimum Gasteiger partial charge on any atom is -0.481 e. The van der Waals surface area contributed by atoms with Gasteiger partial charge in [0.25, 0.3) is 0 Å². The van der Waals surface area contributed by atoms with E-state index in [2.05, 4.69) is 15.3 Å². The third-order valence-corrected chi connectivity index (χ3v) is 3.94. The number of pyridine rings is 2. The Hall–Kier alpha value is -2.60. The zero-order valence-electron chi connectivity index (χ0n) is 12.6. The van der Waals surface area contributed by atoms with E-state index in [0.29, 0.717) is 16.4 Å². The summed E-state index contributed by atoms with van der Waals surface area (Å²) in [5, 5.41) is 13.0. The molecule has 23 heavy (non-hydrogen) atoms. The molecule has 3 rings (SSSR count). The SMILES string of the molecule is CC(C)(C(=O)O)c1ccc(Nc2cc(Cl)cn3ccnc23)nc1. The summed E-state index contributed by atoms with van der Waals surface area (Å²) in [7, 11) is 0. The molecule has 0 aromatic carbocycles. The number of carboxylic acids is 1. The van der Waals surface area contributed by atoms with Gasteiger partial charge in [-0.1, -0.05) is 17.7 Å².